The number of hydrogen-bond donors (Lipinski definition) is 3. The van der Waals surface area contributed by atoms with E-state index in [-0.39, 0.29) is 11.8 Å². The van der Waals surface area contributed by atoms with Gasteiger partial charge in [0.15, 0.2) is 0 Å². The maximum Gasteiger partial charge on any atom is 0.254 e. The second kappa shape index (κ2) is 14.1. The number of carbonyl (C=O) groups is 2. The number of aliphatic imine (C=N–C) groups is 2. The molecule has 0 saturated carbocycles. The Hall–Kier alpha value is -4.95. The van der Waals surface area contributed by atoms with Crippen LogP contribution in [0.5, 0.6) is 0 Å². The lowest BCUT2D eigenvalue weighted by Gasteiger charge is -2.34. The van der Waals surface area contributed by atoms with Crippen molar-refractivity contribution in [3.05, 3.63) is 129 Å². The van der Waals surface area contributed by atoms with Crippen molar-refractivity contribution in [3.8, 4) is 6.07 Å². The van der Waals surface area contributed by atoms with Gasteiger partial charge in [-0.3, -0.25) is 19.6 Å². The summed E-state index contributed by atoms with van der Waals surface area (Å²) < 4.78 is 0.973. The topological polar surface area (TPSA) is 122 Å². The van der Waals surface area contributed by atoms with Crippen molar-refractivity contribution < 1.29 is 9.59 Å². The Balaban J connectivity index is 0.000000157. The van der Waals surface area contributed by atoms with E-state index in [1.54, 1.807) is 18.0 Å². The van der Waals surface area contributed by atoms with Crippen molar-refractivity contribution in [1.29, 1.82) is 5.26 Å². The maximum atomic E-state index is 13.3. The fraction of sp³-hybridized carbons (Fsp3) is 0.275. The highest BCUT2D eigenvalue weighted by Gasteiger charge is 2.45. The van der Waals surface area contributed by atoms with Crippen molar-refractivity contribution in [1.82, 2.24) is 10.6 Å². The van der Waals surface area contributed by atoms with Crippen LogP contribution in [0, 0.1) is 11.3 Å². The highest BCUT2D eigenvalue weighted by Crippen LogP contribution is 2.37. The summed E-state index contributed by atoms with van der Waals surface area (Å²) in [6, 6.07) is 33.6. The minimum absolute atomic E-state index is 0.00139. The Morgan fingerprint density at radius 2 is 1.28 bits per heavy atom. The molecule has 0 unspecified atom stereocenters. The largest absolute Gasteiger partial charge is 0.323 e. The first-order valence-electron chi connectivity index (χ1n) is 17.0. The van der Waals surface area contributed by atoms with Gasteiger partial charge in [-0.1, -0.05) is 76.6 Å². The smallest absolute Gasteiger partial charge is 0.254 e. The molecule has 8 rings (SSSR count). The average molecular weight is 729 g/mol. The Kier molecular flexibility index (Phi) is 9.47. The van der Waals surface area contributed by atoms with Crippen molar-refractivity contribution >= 4 is 50.5 Å². The van der Waals surface area contributed by atoms with E-state index in [1.807, 2.05) is 91.0 Å². The number of nitriles is 1. The molecule has 0 atom stereocenters. The second-order valence-corrected chi connectivity index (χ2v) is 14.0. The number of anilines is 2. The predicted molar refractivity (Wildman–Crippen MR) is 201 cm³/mol. The van der Waals surface area contributed by atoms with Gasteiger partial charge >= 0.3 is 0 Å². The Bertz CT molecular complexity index is 2030. The molecular weight excluding hydrogens is 690 g/mol. The highest BCUT2D eigenvalue weighted by molar-refractivity contribution is 9.10. The van der Waals surface area contributed by atoms with Crippen LogP contribution in [0.3, 0.4) is 0 Å². The Labute approximate surface area is 300 Å². The van der Waals surface area contributed by atoms with E-state index in [2.05, 4.69) is 37.9 Å². The number of halogens is 1. The molecule has 4 aliphatic rings. The molecule has 4 aromatic rings. The molecule has 50 heavy (non-hydrogen) atoms. The van der Waals surface area contributed by atoms with Crippen LogP contribution in [0.2, 0.25) is 0 Å². The molecule has 9 nitrogen and oxygen atoms in total. The first-order valence-corrected chi connectivity index (χ1v) is 17.8. The van der Waals surface area contributed by atoms with Crippen LogP contribution in [0.4, 0.5) is 11.4 Å². The maximum absolute atomic E-state index is 13.3. The van der Waals surface area contributed by atoms with Crippen LogP contribution in [0.15, 0.2) is 112 Å². The molecule has 2 spiro atoms. The standard InChI is InChI=1S/C21H20N4O.C19H18BrN3O/c1-25-18-8-7-15(14-22)13-17(18)19(16-5-3-2-4-6-16)24-21(20(25)26)9-11-23-12-10-21;20-14-6-7-16-15(12-14)17(13-4-2-1-3-5-13)23-19(18(24)22-16)8-10-21-11-9-19/h2-8,13,23H,9-12H2,1H3;1-7,12,21H,8-11H2,(H,22,24). The molecule has 2 fully saturated rings. The molecule has 10 heteroatoms. The number of hydrogen-bond acceptors (Lipinski definition) is 7. The molecule has 252 valence electrons. The summed E-state index contributed by atoms with van der Waals surface area (Å²) >= 11 is 3.54. The molecule has 4 heterocycles. The molecule has 2 saturated heterocycles. The zero-order valence-electron chi connectivity index (χ0n) is 27.9. The number of benzene rings is 4. The van der Waals surface area contributed by atoms with Gasteiger partial charge in [0, 0.05) is 33.8 Å². The third-order valence-electron chi connectivity index (χ3n) is 9.96. The number of nitrogens with zero attached hydrogens (tertiary/aromatic N) is 4. The number of amides is 2. The Morgan fingerprint density at radius 3 is 1.88 bits per heavy atom. The first kappa shape index (κ1) is 33.5. The fourth-order valence-corrected chi connectivity index (χ4v) is 7.55. The van der Waals surface area contributed by atoms with Gasteiger partial charge in [-0.15, -0.1) is 0 Å². The molecule has 0 aliphatic carbocycles. The summed E-state index contributed by atoms with van der Waals surface area (Å²) in [7, 11) is 1.81. The van der Waals surface area contributed by atoms with Crippen molar-refractivity contribution in [2.45, 2.75) is 36.8 Å². The van der Waals surface area contributed by atoms with Crippen molar-refractivity contribution in [2.24, 2.45) is 9.98 Å². The van der Waals surface area contributed by atoms with Gasteiger partial charge in [-0.05, 0) is 88.3 Å². The van der Waals surface area contributed by atoms with Crippen LogP contribution >= 0.6 is 15.9 Å². The van der Waals surface area contributed by atoms with Gasteiger partial charge in [-0.2, -0.15) is 5.26 Å². The molecule has 2 amide bonds. The lowest BCUT2D eigenvalue weighted by Crippen LogP contribution is -2.52. The normalized spacial score (nSPS) is 18.9. The monoisotopic (exact) mass is 727 g/mol. The van der Waals surface area contributed by atoms with Gasteiger partial charge in [0.1, 0.15) is 11.1 Å². The summed E-state index contributed by atoms with van der Waals surface area (Å²) in [4.78, 5) is 38.1. The lowest BCUT2D eigenvalue weighted by molar-refractivity contribution is -0.124. The molecule has 3 N–H and O–H groups in total. The number of likely N-dealkylation sites (N-methyl/N-ethyl adjacent to an activating group) is 1. The highest BCUT2D eigenvalue weighted by atomic mass is 79.9. The summed E-state index contributed by atoms with van der Waals surface area (Å²) in [5.41, 5.74) is 6.20. The summed E-state index contributed by atoms with van der Waals surface area (Å²) in [6.07, 6.45) is 2.77. The van der Waals surface area contributed by atoms with Gasteiger partial charge in [0.05, 0.1) is 34.4 Å². The van der Waals surface area contributed by atoms with Crippen LogP contribution in [-0.4, -0.2) is 67.5 Å². The van der Waals surface area contributed by atoms with E-state index < -0.39 is 11.1 Å². The quantitative estimate of drug-likeness (QED) is 0.239. The van der Waals surface area contributed by atoms with E-state index in [0.717, 1.165) is 75.7 Å². The SMILES string of the molecule is CN1C(=O)C2(CCNCC2)N=C(c2ccccc2)c2cc(C#N)ccc21.O=C1Nc2ccc(Br)cc2C(c2ccccc2)=NC12CCNCC2. The number of carbonyl (C=O) groups excluding carboxylic acids is 2. The molecule has 0 radical (unpaired) electrons. The molecular formula is C40H38BrN7O2. The van der Waals surface area contributed by atoms with Crippen molar-refractivity contribution in [2.75, 3.05) is 43.4 Å². The first-order chi connectivity index (χ1) is 24.3. The van der Waals surface area contributed by atoms with Gasteiger partial charge in [-0.25, -0.2) is 0 Å². The minimum atomic E-state index is -0.753. The van der Waals surface area contributed by atoms with Crippen LogP contribution in [-0.2, 0) is 9.59 Å². The summed E-state index contributed by atoms with van der Waals surface area (Å²) in [5.74, 6) is 0.0226. The minimum Gasteiger partial charge on any atom is -0.323 e. The molecule has 4 aliphatic heterocycles. The molecule has 4 aromatic carbocycles. The summed E-state index contributed by atoms with van der Waals surface area (Å²) in [5, 5.41) is 19.1. The molecule has 0 bridgehead atoms. The number of fused-ring (bicyclic) bond motifs is 2. The fourth-order valence-electron chi connectivity index (χ4n) is 7.19. The van der Waals surface area contributed by atoms with Crippen LogP contribution in [0.25, 0.3) is 0 Å². The molecule has 0 aromatic heterocycles. The third kappa shape index (κ3) is 6.40. The van der Waals surface area contributed by atoms with E-state index in [9.17, 15) is 14.9 Å². The third-order valence-corrected chi connectivity index (χ3v) is 10.5. The van der Waals surface area contributed by atoms with E-state index >= 15 is 0 Å². The van der Waals surface area contributed by atoms with Gasteiger partial charge < -0.3 is 20.9 Å². The van der Waals surface area contributed by atoms with E-state index in [4.69, 9.17) is 9.98 Å². The number of nitrogens with one attached hydrogen (secondary N) is 3. The zero-order valence-corrected chi connectivity index (χ0v) is 29.5. The van der Waals surface area contributed by atoms with Crippen molar-refractivity contribution in [3.63, 3.8) is 0 Å². The zero-order chi connectivity index (χ0) is 34.7. The lowest BCUT2D eigenvalue weighted by atomic mass is 9.87. The number of rotatable bonds is 2. The second-order valence-electron chi connectivity index (χ2n) is 13.1. The summed E-state index contributed by atoms with van der Waals surface area (Å²) in [6.45, 7) is 3.15. The number of piperidine rings is 2. The van der Waals surface area contributed by atoms with E-state index in [1.165, 1.54) is 0 Å². The van der Waals surface area contributed by atoms with Crippen LogP contribution in [0.1, 0.15) is 53.5 Å². The van der Waals surface area contributed by atoms with E-state index in [0.29, 0.717) is 31.2 Å². The van der Waals surface area contributed by atoms with Gasteiger partial charge in [0.25, 0.3) is 11.8 Å². The van der Waals surface area contributed by atoms with Gasteiger partial charge in [0.2, 0.25) is 0 Å². The predicted octanol–water partition coefficient (Wildman–Crippen LogP) is 5.86. The average Bonchev–Trinajstić information content (AvgIpc) is 3.33. The van der Waals surface area contributed by atoms with Crippen LogP contribution < -0.4 is 20.9 Å². The Morgan fingerprint density at radius 1 is 0.720 bits per heavy atom.